The third kappa shape index (κ3) is 2.92. The van der Waals surface area contributed by atoms with E-state index in [2.05, 4.69) is 51.9 Å². The summed E-state index contributed by atoms with van der Waals surface area (Å²) in [4.78, 5) is 9.31. The highest BCUT2D eigenvalue weighted by Gasteiger charge is 2.15. The van der Waals surface area contributed by atoms with Crippen molar-refractivity contribution in [1.29, 1.82) is 0 Å². The molecule has 0 aliphatic carbocycles. The van der Waals surface area contributed by atoms with Crippen LogP contribution >= 0.6 is 22.6 Å². The Balaban J connectivity index is 2.18. The van der Waals surface area contributed by atoms with E-state index in [0.717, 1.165) is 32.8 Å². The van der Waals surface area contributed by atoms with Crippen LogP contribution in [0.3, 0.4) is 0 Å². The van der Waals surface area contributed by atoms with Gasteiger partial charge in [-0.2, -0.15) is 0 Å². The SMILES string of the molecule is CCNc1nc(-c2ccoc2)nc(-c2ccccc2)c1I. The molecule has 4 nitrogen and oxygen atoms in total. The molecule has 3 aromatic rings. The van der Waals surface area contributed by atoms with Gasteiger partial charge in [-0.05, 0) is 35.6 Å². The summed E-state index contributed by atoms with van der Waals surface area (Å²) in [7, 11) is 0. The molecular formula is C16H14IN3O. The van der Waals surface area contributed by atoms with Crippen molar-refractivity contribution >= 4 is 28.4 Å². The van der Waals surface area contributed by atoms with Gasteiger partial charge in [0.1, 0.15) is 12.1 Å². The van der Waals surface area contributed by atoms with E-state index in [1.807, 2.05) is 24.3 Å². The average molecular weight is 391 g/mol. The van der Waals surface area contributed by atoms with Crippen molar-refractivity contribution in [3.63, 3.8) is 0 Å². The Morgan fingerprint density at radius 2 is 1.90 bits per heavy atom. The van der Waals surface area contributed by atoms with Crippen LogP contribution in [0.5, 0.6) is 0 Å². The number of halogens is 1. The standard InChI is InChI=1S/C16H14IN3O/c1-2-18-16-13(17)14(11-6-4-3-5-7-11)19-15(20-16)12-8-9-21-10-12/h3-10H,2H2,1H3,(H,18,19,20). The van der Waals surface area contributed by atoms with Gasteiger partial charge in [-0.1, -0.05) is 30.3 Å². The second kappa shape index (κ2) is 6.26. The molecule has 1 aromatic carbocycles. The van der Waals surface area contributed by atoms with E-state index in [4.69, 9.17) is 9.40 Å². The maximum atomic E-state index is 5.14. The second-order valence-electron chi connectivity index (χ2n) is 4.47. The first kappa shape index (κ1) is 14.1. The lowest BCUT2D eigenvalue weighted by Gasteiger charge is -2.11. The van der Waals surface area contributed by atoms with Crippen LogP contribution in [0.4, 0.5) is 5.82 Å². The van der Waals surface area contributed by atoms with Gasteiger partial charge in [0.2, 0.25) is 0 Å². The molecule has 0 aliphatic rings. The third-order valence-electron chi connectivity index (χ3n) is 3.02. The molecule has 3 rings (SSSR count). The molecular weight excluding hydrogens is 377 g/mol. The Bertz CT molecular complexity index is 727. The van der Waals surface area contributed by atoms with Crippen molar-refractivity contribution in [2.24, 2.45) is 0 Å². The number of anilines is 1. The summed E-state index contributed by atoms with van der Waals surface area (Å²) in [5.74, 6) is 1.52. The predicted octanol–water partition coefficient (Wildman–Crippen LogP) is 4.44. The minimum atomic E-state index is 0.666. The fourth-order valence-electron chi connectivity index (χ4n) is 2.04. The van der Waals surface area contributed by atoms with E-state index in [1.165, 1.54) is 0 Å². The monoisotopic (exact) mass is 391 g/mol. The van der Waals surface area contributed by atoms with Crippen molar-refractivity contribution < 1.29 is 4.42 Å². The fraction of sp³-hybridized carbons (Fsp3) is 0.125. The summed E-state index contributed by atoms with van der Waals surface area (Å²) in [5.41, 5.74) is 2.88. The molecule has 21 heavy (non-hydrogen) atoms. The number of hydrogen-bond donors (Lipinski definition) is 1. The van der Waals surface area contributed by atoms with Crippen LogP contribution in [-0.4, -0.2) is 16.5 Å². The van der Waals surface area contributed by atoms with Crippen LogP contribution in [0.2, 0.25) is 0 Å². The zero-order valence-electron chi connectivity index (χ0n) is 11.5. The van der Waals surface area contributed by atoms with E-state index in [0.29, 0.717) is 5.82 Å². The van der Waals surface area contributed by atoms with Gasteiger partial charge in [0.15, 0.2) is 5.82 Å². The number of rotatable bonds is 4. The minimum Gasteiger partial charge on any atom is -0.472 e. The number of benzene rings is 1. The van der Waals surface area contributed by atoms with Gasteiger partial charge in [0.05, 0.1) is 21.1 Å². The summed E-state index contributed by atoms with van der Waals surface area (Å²) in [5, 5.41) is 3.30. The van der Waals surface area contributed by atoms with E-state index in [1.54, 1.807) is 12.5 Å². The highest BCUT2D eigenvalue weighted by atomic mass is 127. The maximum absolute atomic E-state index is 5.14. The minimum absolute atomic E-state index is 0.666. The Hall–Kier alpha value is -1.89. The zero-order valence-corrected chi connectivity index (χ0v) is 13.7. The summed E-state index contributed by atoms with van der Waals surface area (Å²) in [6.45, 7) is 2.87. The molecule has 1 N–H and O–H groups in total. The van der Waals surface area contributed by atoms with Crippen molar-refractivity contribution in [2.75, 3.05) is 11.9 Å². The van der Waals surface area contributed by atoms with E-state index >= 15 is 0 Å². The van der Waals surface area contributed by atoms with E-state index in [9.17, 15) is 0 Å². The molecule has 5 heteroatoms. The lowest BCUT2D eigenvalue weighted by molar-refractivity contribution is 0.568. The molecule has 0 spiro atoms. The van der Waals surface area contributed by atoms with Crippen LogP contribution in [0.1, 0.15) is 6.92 Å². The van der Waals surface area contributed by atoms with Crippen LogP contribution in [0.25, 0.3) is 22.6 Å². The maximum Gasteiger partial charge on any atom is 0.165 e. The van der Waals surface area contributed by atoms with Crippen LogP contribution < -0.4 is 5.32 Å². The molecule has 106 valence electrons. The number of nitrogens with one attached hydrogen (secondary N) is 1. The second-order valence-corrected chi connectivity index (χ2v) is 5.55. The van der Waals surface area contributed by atoms with Crippen molar-refractivity contribution in [1.82, 2.24) is 9.97 Å². The van der Waals surface area contributed by atoms with Gasteiger partial charge in [-0.15, -0.1) is 0 Å². The van der Waals surface area contributed by atoms with Gasteiger partial charge in [0.25, 0.3) is 0 Å². The molecule has 0 amide bonds. The van der Waals surface area contributed by atoms with Gasteiger partial charge in [-0.3, -0.25) is 0 Å². The van der Waals surface area contributed by atoms with Crippen LogP contribution in [-0.2, 0) is 0 Å². The molecule has 0 saturated heterocycles. The number of hydrogen-bond acceptors (Lipinski definition) is 4. The van der Waals surface area contributed by atoms with Gasteiger partial charge in [-0.25, -0.2) is 9.97 Å². The zero-order chi connectivity index (χ0) is 14.7. The van der Waals surface area contributed by atoms with Crippen molar-refractivity contribution in [3.8, 4) is 22.6 Å². The Morgan fingerprint density at radius 3 is 2.57 bits per heavy atom. The Labute approximate surface area is 136 Å². The molecule has 2 heterocycles. The van der Waals surface area contributed by atoms with Crippen LogP contribution in [0, 0.1) is 3.57 Å². The number of aromatic nitrogens is 2. The number of furan rings is 1. The molecule has 2 aromatic heterocycles. The van der Waals surface area contributed by atoms with Gasteiger partial charge < -0.3 is 9.73 Å². The summed E-state index contributed by atoms with van der Waals surface area (Å²) < 4.78 is 6.16. The lowest BCUT2D eigenvalue weighted by Crippen LogP contribution is -2.06. The van der Waals surface area contributed by atoms with Crippen molar-refractivity contribution in [3.05, 3.63) is 52.5 Å². The first-order valence-electron chi connectivity index (χ1n) is 6.69. The summed E-state index contributed by atoms with van der Waals surface area (Å²) >= 11 is 2.29. The largest absolute Gasteiger partial charge is 0.472 e. The van der Waals surface area contributed by atoms with E-state index in [-0.39, 0.29) is 0 Å². The Morgan fingerprint density at radius 1 is 1.10 bits per heavy atom. The quantitative estimate of drug-likeness (QED) is 0.669. The molecule has 0 radical (unpaired) electrons. The number of nitrogens with zero attached hydrogens (tertiary/aromatic N) is 2. The molecule has 0 fully saturated rings. The van der Waals surface area contributed by atoms with Gasteiger partial charge >= 0.3 is 0 Å². The summed E-state index contributed by atoms with van der Waals surface area (Å²) in [6.07, 6.45) is 3.29. The first-order valence-corrected chi connectivity index (χ1v) is 7.77. The van der Waals surface area contributed by atoms with E-state index < -0.39 is 0 Å². The molecule has 0 aliphatic heterocycles. The van der Waals surface area contributed by atoms with Crippen LogP contribution in [0.15, 0.2) is 53.3 Å². The fourth-order valence-corrected chi connectivity index (χ4v) is 2.78. The third-order valence-corrected chi connectivity index (χ3v) is 4.04. The highest BCUT2D eigenvalue weighted by Crippen LogP contribution is 2.30. The molecule has 0 bridgehead atoms. The average Bonchev–Trinajstić information content (AvgIpc) is 3.05. The highest BCUT2D eigenvalue weighted by molar-refractivity contribution is 14.1. The lowest BCUT2D eigenvalue weighted by atomic mass is 10.1. The molecule has 0 saturated carbocycles. The molecule has 0 unspecified atom stereocenters. The predicted molar refractivity (Wildman–Crippen MR) is 92.1 cm³/mol. The van der Waals surface area contributed by atoms with Crippen molar-refractivity contribution in [2.45, 2.75) is 6.92 Å². The molecule has 0 atom stereocenters. The summed E-state index contributed by atoms with van der Waals surface area (Å²) in [6, 6.07) is 12.0. The normalized spacial score (nSPS) is 10.6. The smallest absolute Gasteiger partial charge is 0.165 e. The van der Waals surface area contributed by atoms with Gasteiger partial charge in [0, 0.05) is 12.1 Å². The topological polar surface area (TPSA) is 51.0 Å². The Kier molecular flexibility index (Phi) is 4.19. The first-order chi connectivity index (χ1) is 10.3.